The highest BCUT2D eigenvalue weighted by Gasteiger charge is 2.51. The van der Waals surface area contributed by atoms with Gasteiger partial charge in [0.1, 0.15) is 17.3 Å². The van der Waals surface area contributed by atoms with Crippen molar-refractivity contribution in [2.45, 2.75) is 38.8 Å². The number of aromatic nitrogens is 4. The summed E-state index contributed by atoms with van der Waals surface area (Å²) >= 11 is 1.43. The molecular weight excluding hydrogens is 417 g/mol. The first kappa shape index (κ1) is 20.0. The zero-order valence-electron chi connectivity index (χ0n) is 17.2. The van der Waals surface area contributed by atoms with Gasteiger partial charge in [-0.25, -0.2) is 24.3 Å². The standard InChI is InChI=1S/C22H22FN5O2S/c1-12-14-8-16(9-14)28(17(12)11-30-18-5-4-15(23)10-26-18)22(29)19-20(31-13(2)27-19)21-24-6-3-7-25-21/h3-7,10,12,14,16-17H,8-9,11H2,1-2H3. The Morgan fingerprint density at radius 1 is 1.26 bits per heavy atom. The number of ether oxygens (including phenoxy) is 1. The Morgan fingerprint density at radius 3 is 2.74 bits per heavy atom. The van der Waals surface area contributed by atoms with Crippen LogP contribution in [0, 0.1) is 24.6 Å². The average molecular weight is 440 g/mol. The molecule has 1 aliphatic carbocycles. The van der Waals surface area contributed by atoms with Gasteiger partial charge in [0.2, 0.25) is 5.88 Å². The van der Waals surface area contributed by atoms with Crippen LogP contribution in [0.3, 0.4) is 0 Å². The first-order valence-corrected chi connectivity index (χ1v) is 11.1. The summed E-state index contributed by atoms with van der Waals surface area (Å²) in [7, 11) is 0. The minimum Gasteiger partial charge on any atom is -0.475 e. The molecule has 0 radical (unpaired) electrons. The van der Waals surface area contributed by atoms with Gasteiger partial charge in [-0.2, -0.15) is 0 Å². The number of rotatable bonds is 5. The highest BCUT2D eigenvalue weighted by atomic mass is 32.1. The zero-order chi connectivity index (χ0) is 21.5. The normalized spacial score (nSPS) is 24.5. The summed E-state index contributed by atoms with van der Waals surface area (Å²) in [5, 5.41) is 0.797. The summed E-state index contributed by atoms with van der Waals surface area (Å²) in [4.78, 5) is 33.6. The Bertz CT molecular complexity index is 1090. The molecule has 2 aliphatic heterocycles. The van der Waals surface area contributed by atoms with Crippen LogP contribution in [-0.4, -0.2) is 49.4 Å². The fourth-order valence-electron chi connectivity index (χ4n) is 4.55. The topological polar surface area (TPSA) is 81.1 Å². The van der Waals surface area contributed by atoms with Gasteiger partial charge in [0, 0.05) is 24.5 Å². The second-order valence-corrected chi connectivity index (χ2v) is 9.34. The van der Waals surface area contributed by atoms with E-state index in [4.69, 9.17) is 4.74 Å². The maximum absolute atomic E-state index is 13.7. The van der Waals surface area contributed by atoms with Gasteiger partial charge >= 0.3 is 0 Å². The summed E-state index contributed by atoms with van der Waals surface area (Å²) in [5.74, 6) is 1.20. The molecule has 3 aromatic rings. The monoisotopic (exact) mass is 439 g/mol. The Hall–Kier alpha value is -2.94. The number of pyridine rings is 1. The molecule has 2 atom stereocenters. The molecule has 0 N–H and O–H groups in total. The number of nitrogens with zero attached hydrogens (tertiary/aromatic N) is 5. The molecule has 3 aliphatic rings. The van der Waals surface area contributed by atoms with Crippen molar-refractivity contribution in [2.24, 2.45) is 11.8 Å². The number of halogens is 1. The maximum atomic E-state index is 13.7. The SMILES string of the molecule is Cc1nc(C(=O)N2C3CC(C3)C(C)C2COc2ccc(F)cn2)c(-c2ncccn2)s1. The fourth-order valence-corrected chi connectivity index (χ4v) is 5.41. The minimum absolute atomic E-state index is 0.108. The molecule has 31 heavy (non-hydrogen) atoms. The van der Waals surface area contributed by atoms with Crippen LogP contribution in [0.2, 0.25) is 0 Å². The van der Waals surface area contributed by atoms with Gasteiger partial charge in [-0.3, -0.25) is 4.79 Å². The molecule has 9 heteroatoms. The summed E-state index contributed by atoms with van der Waals surface area (Å²) in [5.41, 5.74) is 0.399. The Morgan fingerprint density at radius 2 is 2.03 bits per heavy atom. The van der Waals surface area contributed by atoms with E-state index in [1.54, 1.807) is 18.5 Å². The maximum Gasteiger partial charge on any atom is 0.274 e. The van der Waals surface area contributed by atoms with E-state index in [9.17, 15) is 9.18 Å². The first-order chi connectivity index (χ1) is 15.0. The van der Waals surface area contributed by atoms with E-state index in [0.29, 0.717) is 34.8 Å². The number of piperidine rings is 2. The largest absolute Gasteiger partial charge is 0.475 e. The van der Waals surface area contributed by atoms with Crippen molar-refractivity contribution in [3.63, 3.8) is 0 Å². The van der Waals surface area contributed by atoms with Gasteiger partial charge in [0.15, 0.2) is 11.5 Å². The Balaban J connectivity index is 1.43. The van der Waals surface area contributed by atoms with Crippen LogP contribution in [0.5, 0.6) is 5.88 Å². The Kier molecular flexibility index (Phi) is 5.13. The van der Waals surface area contributed by atoms with Crippen molar-refractivity contribution in [1.29, 1.82) is 0 Å². The van der Waals surface area contributed by atoms with E-state index >= 15 is 0 Å². The third-order valence-corrected chi connectivity index (χ3v) is 7.26. The number of fused-ring (bicyclic) bond motifs is 2. The van der Waals surface area contributed by atoms with Crippen molar-refractivity contribution >= 4 is 17.2 Å². The molecule has 3 aromatic heterocycles. The quantitative estimate of drug-likeness (QED) is 0.602. The second kappa shape index (κ2) is 7.96. The number of carbonyl (C=O) groups is 1. The lowest BCUT2D eigenvalue weighted by Crippen LogP contribution is -2.64. The van der Waals surface area contributed by atoms with E-state index < -0.39 is 5.82 Å². The zero-order valence-corrected chi connectivity index (χ0v) is 18.1. The van der Waals surface area contributed by atoms with Gasteiger partial charge in [-0.15, -0.1) is 11.3 Å². The molecule has 2 saturated heterocycles. The molecule has 6 rings (SSSR count). The molecule has 2 bridgehead atoms. The van der Waals surface area contributed by atoms with Crippen molar-refractivity contribution in [2.75, 3.05) is 6.61 Å². The lowest BCUT2D eigenvalue weighted by molar-refractivity contribution is -0.0676. The molecule has 7 nitrogen and oxygen atoms in total. The fraction of sp³-hybridized carbons (Fsp3) is 0.409. The average Bonchev–Trinajstić information content (AvgIpc) is 3.14. The number of thiazole rings is 1. The van der Waals surface area contributed by atoms with E-state index in [-0.39, 0.29) is 23.9 Å². The molecule has 160 valence electrons. The smallest absolute Gasteiger partial charge is 0.274 e. The molecule has 0 spiro atoms. The Labute approximate surface area is 183 Å². The molecule has 3 fully saturated rings. The van der Waals surface area contributed by atoms with Crippen LogP contribution >= 0.6 is 11.3 Å². The van der Waals surface area contributed by atoms with Crippen molar-refractivity contribution in [3.05, 3.63) is 53.3 Å². The van der Waals surface area contributed by atoms with Crippen molar-refractivity contribution in [3.8, 4) is 16.6 Å². The number of amides is 1. The van der Waals surface area contributed by atoms with Crippen LogP contribution in [0.15, 0.2) is 36.8 Å². The van der Waals surface area contributed by atoms with Gasteiger partial charge in [-0.05, 0) is 43.7 Å². The van der Waals surface area contributed by atoms with Crippen LogP contribution in [0.25, 0.3) is 10.7 Å². The number of hydrogen-bond donors (Lipinski definition) is 0. The molecule has 1 amide bonds. The van der Waals surface area contributed by atoms with Crippen LogP contribution in [-0.2, 0) is 0 Å². The van der Waals surface area contributed by atoms with Crippen LogP contribution < -0.4 is 4.74 Å². The third kappa shape index (κ3) is 3.67. The van der Waals surface area contributed by atoms with E-state index in [0.717, 1.165) is 24.0 Å². The van der Waals surface area contributed by atoms with Gasteiger partial charge in [0.05, 0.1) is 17.2 Å². The van der Waals surface area contributed by atoms with E-state index in [2.05, 4.69) is 26.9 Å². The van der Waals surface area contributed by atoms with E-state index in [1.165, 1.54) is 23.5 Å². The summed E-state index contributed by atoms with van der Waals surface area (Å²) in [6.07, 6.45) is 6.45. The summed E-state index contributed by atoms with van der Waals surface area (Å²) in [6.45, 7) is 4.35. The number of hydrogen-bond acceptors (Lipinski definition) is 7. The number of aryl methyl sites for hydroxylation is 1. The summed E-state index contributed by atoms with van der Waals surface area (Å²) in [6, 6.07) is 4.64. The van der Waals surface area contributed by atoms with Gasteiger partial charge in [-0.1, -0.05) is 6.92 Å². The number of carbonyl (C=O) groups excluding carboxylic acids is 1. The van der Waals surface area contributed by atoms with Crippen molar-refractivity contribution in [1.82, 2.24) is 24.8 Å². The minimum atomic E-state index is -0.411. The van der Waals surface area contributed by atoms with Gasteiger partial charge < -0.3 is 9.64 Å². The molecule has 1 saturated carbocycles. The predicted octanol–water partition coefficient (Wildman–Crippen LogP) is 3.76. The summed E-state index contributed by atoms with van der Waals surface area (Å²) < 4.78 is 19.0. The first-order valence-electron chi connectivity index (χ1n) is 10.3. The van der Waals surface area contributed by atoms with Gasteiger partial charge in [0.25, 0.3) is 5.91 Å². The third-order valence-electron chi connectivity index (χ3n) is 6.29. The van der Waals surface area contributed by atoms with Crippen LogP contribution in [0.4, 0.5) is 4.39 Å². The van der Waals surface area contributed by atoms with Crippen LogP contribution in [0.1, 0.15) is 35.3 Å². The predicted molar refractivity (Wildman–Crippen MR) is 113 cm³/mol. The lowest BCUT2D eigenvalue weighted by atomic mass is 9.64. The molecule has 5 heterocycles. The molecule has 2 unspecified atom stereocenters. The molecular formula is C22H22FN5O2S. The second-order valence-electron chi connectivity index (χ2n) is 8.13. The highest BCUT2D eigenvalue weighted by Crippen LogP contribution is 2.47. The lowest BCUT2D eigenvalue weighted by Gasteiger charge is -2.56. The highest BCUT2D eigenvalue weighted by molar-refractivity contribution is 7.15. The van der Waals surface area contributed by atoms with Crippen molar-refractivity contribution < 1.29 is 13.9 Å². The molecule has 0 aromatic carbocycles. The van der Waals surface area contributed by atoms with E-state index in [1.807, 2.05) is 11.8 Å².